The van der Waals surface area contributed by atoms with Gasteiger partial charge in [0.15, 0.2) is 10.9 Å². The molecule has 0 aliphatic rings. The van der Waals surface area contributed by atoms with Gasteiger partial charge in [-0.05, 0) is 30.5 Å². The molecule has 0 aliphatic heterocycles. The zero-order valence-electron chi connectivity index (χ0n) is 13.3. The van der Waals surface area contributed by atoms with Gasteiger partial charge in [-0.1, -0.05) is 45.9 Å². The normalized spacial score (nSPS) is 12.3. The lowest BCUT2D eigenvalue weighted by Gasteiger charge is -2.10. The maximum atomic E-state index is 12.5. The van der Waals surface area contributed by atoms with Crippen LogP contribution in [0.4, 0.5) is 0 Å². The molecule has 0 aliphatic carbocycles. The molecular weight excluding hydrogens is 406 g/mol. The topological polar surface area (TPSA) is 47.8 Å². The fourth-order valence-corrected chi connectivity index (χ4v) is 4.11. The third-order valence-electron chi connectivity index (χ3n) is 3.62. The Bertz CT molecular complexity index is 828. The molecule has 2 heterocycles. The molecule has 0 saturated carbocycles. The summed E-state index contributed by atoms with van der Waals surface area (Å²) in [7, 11) is 1.95. The van der Waals surface area contributed by atoms with E-state index < -0.39 is 0 Å². The number of hydrogen-bond donors (Lipinski definition) is 0. The highest BCUT2D eigenvalue weighted by Gasteiger charge is 2.20. The summed E-state index contributed by atoms with van der Waals surface area (Å²) in [6.45, 7) is 1.91. The molecule has 3 rings (SSSR count). The zero-order chi connectivity index (χ0) is 17.1. The number of rotatable bonds is 6. The monoisotopic (exact) mass is 421 g/mol. The number of halogens is 1. The Balaban J connectivity index is 1.70. The average Bonchev–Trinajstić information content (AvgIpc) is 3.20. The minimum absolute atomic E-state index is 0.0929. The summed E-state index contributed by atoms with van der Waals surface area (Å²) in [5.74, 6) is 0.999. The number of carbonyl (C=O) groups is 1. The van der Waals surface area contributed by atoms with Gasteiger partial charge in [-0.2, -0.15) is 0 Å². The summed E-state index contributed by atoms with van der Waals surface area (Å²) in [6, 6.07) is 11.6. The molecule has 0 saturated heterocycles. The number of Topliss-reactive ketones (excluding diaryl/α,β-unsaturated/α-hetero) is 1. The number of aromatic nitrogens is 3. The van der Waals surface area contributed by atoms with Crippen molar-refractivity contribution in [3.05, 3.63) is 62.5 Å². The molecule has 3 aromatic rings. The van der Waals surface area contributed by atoms with E-state index in [0.29, 0.717) is 5.56 Å². The highest BCUT2D eigenvalue weighted by molar-refractivity contribution is 9.10. The van der Waals surface area contributed by atoms with Gasteiger partial charge < -0.3 is 4.57 Å². The van der Waals surface area contributed by atoms with Gasteiger partial charge in [0.25, 0.3) is 0 Å². The van der Waals surface area contributed by atoms with Crippen molar-refractivity contribution in [2.75, 3.05) is 0 Å². The highest BCUT2D eigenvalue weighted by Crippen LogP contribution is 2.25. The average molecular weight is 422 g/mol. The van der Waals surface area contributed by atoms with Crippen molar-refractivity contribution >= 4 is 44.8 Å². The molecule has 24 heavy (non-hydrogen) atoms. The van der Waals surface area contributed by atoms with Crippen molar-refractivity contribution in [1.82, 2.24) is 14.8 Å². The third-order valence-corrected chi connectivity index (χ3v) is 6.16. The van der Waals surface area contributed by atoms with E-state index in [-0.39, 0.29) is 11.0 Å². The second-order valence-electron chi connectivity index (χ2n) is 5.35. The standard InChI is InChI=1S/C17H16BrN3OS2/c1-11(16(22)12-5-7-13(18)8-6-12)24-17-20-19-15(21(17)2)10-14-4-3-9-23-14/h3-9,11H,10H2,1-2H3/t11-/m0/s1. The van der Waals surface area contributed by atoms with E-state index in [0.717, 1.165) is 21.9 Å². The first kappa shape index (κ1) is 17.4. The van der Waals surface area contributed by atoms with Crippen LogP contribution in [-0.4, -0.2) is 25.8 Å². The summed E-state index contributed by atoms with van der Waals surface area (Å²) in [6.07, 6.45) is 0.761. The number of hydrogen-bond acceptors (Lipinski definition) is 5. The molecule has 0 amide bonds. The first-order chi connectivity index (χ1) is 11.5. The van der Waals surface area contributed by atoms with Crippen LogP contribution in [0, 0.1) is 0 Å². The van der Waals surface area contributed by atoms with Gasteiger partial charge in [0.2, 0.25) is 0 Å². The van der Waals surface area contributed by atoms with E-state index in [1.165, 1.54) is 16.6 Å². The fourth-order valence-electron chi connectivity index (χ4n) is 2.23. The molecule has 124 valence electrons. The van der Waals surface area contributed by atoms with Gasteiger partial charge in [-0.25, -0.2) is 0 Å². The molecule has 0 bridgehead atoms. The Morgan fingerprint density at radius 2 is 2.04 bits per heavy atom. The van der Waals surface area contributed by atoms with Crippen molar-refractivity contribution in [2.24, 2.45) is 7.05 Å². The minimum Gasteiger partial charge on any atom is -0.309 e. The molecule has 0 fully saturated rings. The van der Waals surface area contributed by atoms with E-state index in [4.69, 9.17) is 0 Å². The predicted molar refractivity (Wildman–Crippen MR) is 102 cm³/mol. The smallest absolute Gasteiger partial charge is 0.191 e. The molecule has 4 nitrogen and oxygen atoms in total. The first-order valence-corrected chi connectivity index (χ1v) is 9.97. The quantitative estimate of drug-likeness (QED) is 0.431. The fraction of sp³-hybridized carbons (Fsp3) is 0.235. The van der Waals surface area contributed by atoms with E-state index in [2.05, 4.69) is 37.6 Å². The number of carbonyl (C=O) groups excluding carboxylic acids is 1. The second kappa shape index (κ2) is 7.63. The van der Waals surface area contributed by atoms with E-state index in [1.54, 1.807) is 11.3 Å². The lowest BCUT2D eigenvalue weighted by atomic mass is 10.1. The second-order valence-corrected chi connectivity index (χ2v) is 8.60. The van der Waals surface area contributed by atoms with Crippen molar-refractivity contribution in [3.63, 3.8) is 0 Å². The number of thiophene rings is 1. The van der Waals surface area contributed by atoms with Crippen molar-refractivity contribution in [1.29, 1.82) is 0 Å². The van der Waals surface area contributed by atoms with Crippen LogP contribution in [-0.2, 0) is 13.5 Å². The minimum atomic E-state index is -0.219. The van der Waals surface area contributed by atoms with Crippen LogP contribution >= 0.6 is 39.0 Å². The van der Waals surface area contributed by atoms with Gasteiger partial charge in [0.1, 0.15) is 5.82 Å². The summed E-state index contributed by atoms with van der Waals surface area (Å²) >= 11 is 6.53. The maximum Gasteiger partial charge on any atom is 0.191 e. The molecule has 2 aromatic heterocycles. The lowest BCUT2D eigenvalue weighted by Crippen LogP contribution is -2.14. The third kappa shape index (κ3) is 3.96. The van der Waals surface area contributed by atoms with Gasteiger partial charge in [0.05, 0.1) is 5.25 Å². The molecule has 1 atom stereocenters. The van der Waals surface area contributed by atoms with Crippen molar-refractivity contribution in [2.45, 2.75) is 23.8 Å². The van der Waals surface area contributed by atoms with Crippen LogP contribution in [0.25, 0.3) is 0 Å². The molecule has 1 aromatic carbocycles. The molecule has 0 spiro atoms. The summed E-state index contributed by atoms with van der Waals surface area (Å²) in [4.78, 5) is 13.8. The van der Waals surface area contributed by atoms with Gasteiger partial charge in [0, 0.05) is 28.4 Å². The lowest BCUT2D eigenvalue weighted by molar-refractivity contribution is 0.0994. The predicted octanol–water partition coefficient (Wildman–Crippen LogP) is 4.59. The summed E-state index contributed by atoms with van der Waals surface area (Å²) in [5, 5.41) is 11.1. The molecule has 7 heteroatoms. The zero-order valence-corrected chi connectivity index (χ0v) is 16.5. The van der Waals surface area contributed by atoms with E-state index in [9.17, 15) is 4.79 Å². The first-order valence-electron chi connectivity index (χ1n) is 7.41. The Kier molecular flexibility index (Phi) is 5.53. The number of thioether (sulfide) groups is 1. The highest BCUT2D eigenvalue weighted by atomic mass is 79.9. The van der Waals surface area contributed by atoms with Crippen LogP contribution in [0.5, 0.6) is 0 Å². The van der Waals surface area contributed by atoms with Crippen LogP contribution < -0.4 is 0 Å². The molecule has 0 N–H and O–H groups in total. The largest absolute Gasteiger partial charge is 0.309 e. The Morgan fingerprint density at radius 3 is 2.71 bits per heavy atom. The maximum absolute atomic E-state index is 12.5. The number of benzene rings is 1. The Hall–Kier alpha value is -1.44. The molecular formula is C17H16BrN3OS2. The summed E-state index contributed by atoms with van der Waals surface area (Å²) in [5.41, 5.74) is 0.708. The number of ketones is 1. The van der Waals surface area contributed by atoms with E-state index in [1.807, 2.05) is 48.9 Å². The summed E-state index contributed by atoms with van der Waals surface area (Å²) < 4.78 is 2.93. The molecule has 0 radical (unpaired) electrons. The van der Waals surface area contributed by atoms with Crippen LogP contribution in [0.3, 0.4) is 0 Å². The van der Waals surface area contributed by atoms with Crippen LogP contribution in [0.1, 0.15) is 28.0 Å². The van der Waals surface area contributed by atoms with Crippen LogP contribution in [0.2, 0.25) is 0 Å². The van der Waals surface area contributed by atoms with Gasteiger partial charge >= 0.3 is 0 Å². The Labute approximate surface area is 157 Å². The SMILES string of the molecule is C[C@H](Sc1nnc(Cc2cccs2)n1C)C(=O)c1ccc(Br)cc1. The van der Waals surface area contributed by atoms with Crippen molar-refractivity contribution < 1.29 is 4.79 Å². The number of nitrogens with zero attached hydrogens (tertiary/aromatic N) is 3. The van der Waals surface area contributed by atoms with Crippen molar-refractivity contribution in [3.8, 4) is 0 Å². The van der Waals surface area contributed by atoms with Gasteiger partial charge in [-0.15, -0.1) is 21.5 Å². The van der Waals surface area contributed by atoms with E-state index >= 15 is 0 Å². The van der Waals surface area contributed by atoms with Crippen LogP contribution in [0.15, 0.2) is 51.4 Å². The Morgan fingerprint density at radius 1 is 1.29 bits per heavy atom. The van der Waals surface area contributed by atoms with Gasteiger partial charge in [-0.3, -0.25) is 4.79 Å². The molecule has 0 unspecified atom stereocenters.